The normalized spacial score (nSPS) is 10.3. The number of esters is 2. The van der Waals surface area contributed by atoms with Crippen molar-refractivity contribution in [1.82, 2.24) is 4.98 Å². The Morgan fingerprint density at radius 1 is 1.28 bits per heavy atom. The molecule has 0 unspecified atom stereocenters. The van der Waals surface area contributed by atoms with E-state index in [9.17, 15) is 9.59 Å². The highest BCUT2D eigenvalue weighted by atomic mass is 16.5. The molecule has 2 aromatic rings. The van der Waals surface area contributed by atoms with Crippen LogP contribution < -0.4 is 0 Å². The summed E-state index contributed by atoms with van der Waals surface area (Å²) in [7, 11) is 1.32. The lowest BCUT2D eigenvalue weighted by Crippen LogP contribution is -2.04. The second kappa shape index (κ2) is 4.91. The fourth-order valence-corrected chi connectivity index (χ4v) is 1.75. The highest BCUT2D eigenvalue weighted by Gasteiger charge is 2.14. The Labute approximate surface area is 104 Å². The Bertz CT molecular complexity index is 600. The van der Waals surface area contributed by atoms with Crippen LogP contribution in [0, 0.1) is 0 Å². The molecule has 0 radical (unpaired) electrons. The zero-order valence-electron chi connectivity index (χ0n) is 10.1. The third-order valence-corrected chi connectivity index (χ3v) is 2.60. The second-order valence-electron chi connectivity index (χ2n) is 3.67. The van der Waals surface area contributed by atoms with Crippen LogP contribution in [0.25, 0.3) is 10.9 Å². The van der Waals surface area contributed by atoms with Gasteiger partial charge >= 0.3 is 11.9 Å². The largest absolute Gasteiger partial charge is 0.465 e. The molecule has 0 aliphatic rings. The number of fused-ring (bicyclic) bond motifs is 1. The van der Waals surface area contributed by atoms with Gasteiger partial charge in [0.05, 0.1) is 24.8 Å². The summed E-state index contributed by atoms with van der Waals surface area (Å²) in [4.78, 5) is 26.0. The number of aromatic amines is 1. The molecule has 1 aromatic carbocycles. The van der Waals surface area contributed by atoms with Crippen molar-refractivity contribution in [3.63, 3.8) is 0 Å². The minimum Gasteiger partial charge on any atom is -0.465 e. The highest BCUT2D eigenvalue weighted by molar-refractivity contribution is 6.05. The summed E-state index contributed by atoms with van der Waals surface area (Å²) in [5.74, 6) is -0.793. The van der Waals surface area contributed by atoms with Crippen molar-refractivity contribution in [1.29, 1.82) is 0 Å². The topological polar surface area (TPSA) is 68.4 Å². The fraction of sp³-hybridized carbons (Fsp3) is 0.231. The minimum atomic E-state index is -0.413. The lowest BCUT2D eigenvalue weighted by Gasteiger charge is -2.01. The Morgan fingerprint density at radius 3 is 2.72 bits per heavy atom. The third-order valence-electron chi connectivity index (χ3n) is 2.60. The molecule has 0 saturated carbocycles. The average Bonchev–Trinajstić information content (AvgIpc) is 2.80. The minimum absolute atomic E-state index is 0.325. The van der Waals surface area contributed by atoms with Crippen molar-refractivity contribution >= 4 is 22.8 Å². The Balaban J connectivity index is 2.43. The summed E-state index contributed by atoms with van der Waals surface area (Å²) in [5.41, 5.74) is 1.59. The molecule has 0 aliphatic heterocycles. The van der Waals surface area contributed by atoms with Gasteiger partial charge in [0.15, 0.2) is 0 Å². The number of hydrogen-bond acceptors (Lipinski definition) is 4. The standard InChI is InChI=1S/C13H13NO4/c1-3-18-13(16)10-7-14-11-6-8(12(15)17-2)4-5-9(10)11/h4-7,14H,3H2,1-2H3. The molecular formula is C13H13NO4. The van der Waals surface area contributed by atoms with Crippen molar-refractivity contribution in [2.75, 3.05) is 13.7 Å². The van der Waals surface area contributed by atoms with Crippen LogP contribution in [-0.2, 0) is 9.47 Å². The highest BCUT2D eigenvalue weighted by Crippen LogP contribution is 2.20. The molecule has 0 saturated heterocycles. The Morgan fingerprint density at radius 2 is 2.06 bits per heavy atom. The lowest BCUT2D eigenvalue weighted by molar-refractivity contribution is 0.0528. The molecule has 0 fully saturated rings. The number of carbonyl (C=O) groups excluding carboxylic acids is 2. The van der Waals surface area contributed by atoms with Gasteiger partial charge in [-0.1, -0.05) is 6.07 Å². The number of ether oxygens (including phenoxy) is 2. The van der Waals surface area contributed by atoms with Crippen molar-refractivity contribution in [2.45, 2.75) is 6.92 Å². The first-order chi connectivity index (χ1) is 8.67. The van der Waals surface area contributed by atoms with Crippen LogP contribution in [0.15, 0.2) is 24.4 Å². The molecule has 0 atom stereocenters. The first-order valence-electron chi connectivity index (χ1n) is 5.54. The van der Waals surface area contributed by atoms with E-state index in [1.54, 1.807) is 31.3 Å². The van der Waals surface area contributed by atoms with Gasteiger partial charge in [0.25, 0.3) is 0 Å². The van der Waals surface area contributed by atoms with Crippen LogP contribution in [0.4, 0.5) is 0 Å². The van der Waals surface area contributed by atoms with Crippen LogP contribution in [-0.4, -0.2) is 30.6 Å². The van der Waals surface area contributed by atoms with Gasteiger partial charge < -0.3 is 14.5 Å². The summed E-state index contributed by atoms with van der Waals surface area (Å²) in [6, 6.07) is 4.96. The first-order valence-corrected chi connectivity index (χ1v) is 5.54. The van der Waals surface area contributed by atoms with Gasteiger partial charge in [-0.25, -0.2) is 9.59 Å². The zero-order chi connectivity index (χ0) is 13.1. The van der Waals surface area contributed by atoms with Crippen molar-refractivity contribution in [3.05, 3.63) is 35.5 Å². The van der Waals surface area contributed by atoms with Gasteiger partial charge in [-0.3, -0.25) is 0 Å². The number of rotatable bonds is 3. The summed E-state index contributed by atoms with van der Waals surface area (Å²) in [5, 5.41) is 0.723. The number of H-pyrrole nitrogens is 1. The molecule has 5 nitrogen and oxygen atoms in total. The van der Waals surface area contributed by atoms with Gasteiger partial charge in [0.2, 0.25) is 0 Å². The van der Waals surface area contributed by atoms with Crippen LogP contribution >= 0.6 is 0 Å². The molecule has 0 aliphatic carbocycles. The van der Waals surface area contributed by atoms with Gasteiger partial charge in [0, 0.05) is 17.1 Å². The number of nitrogens with one attached hydrogen (secondary N) is 1. The molecule has 2 rings (SSSR count). The van der Waals surface area contributed by atoms with E-state index in [4.69, 9.17) is 4.74 Å². The van der Waals surface area contributed by atoms with E-state index >= 15 is 0 Å². The SMILES string of the molecule is CCOC(=O)c1c[nH]c2cc(C(=O)OC)ccc12. The maximum absolute atomic E-state index is 11.7. The van der Waals surface area contributed by atoms with Crippen molar-refractivity contribution in [3.8, 4) is 0 Å². The van der Waals surface area contributed by atoms with E-state index in [1.165, 1.54) is 7.11 Å². The Hall–Kier alpha value is -2.30. The molecule has 1 heterocycles. The molecule has 1 N–H and O–H groups in total. The number of hydrogen-bond donors (Lipinski definition) is 1. The predicted octanol–water partition coefficient (Wildman–Crippen LogP) is 2.13. The number of aromatic nitrogens is 1. The number of methoxy groups -OCH3 is 1. The molecule has 0 amide bonds. The van der Waals surface area contributed by atoms with E-state index in [-0.39, 0.29) is 5.97 Å². The summed E-state index contributed by atoms with van der Waals surface area (Å²) in [6.07, 6.45) is 1.57. The van der Waals surface area contributed by atoms with E-state index in [0.717, 1.165) is 5.39 Å². The number of carbonyl (C=O) groups is 2. The summed E-state index contributed by atoms with van der Waals surface area (Å²) in [6.45, 7) is 2.08. The number of benzene rings is 1. The Kier molecular flexibility index (Phi) is 3.32. The maximum atomic E-state index is 11.7. The zero-order valence-corrected chi connectivity index (χ0v) is 10.1. The van der Waals surface area contributed by atoms with Crippen molar-refractivity contribution in [2.24, 2.45) is 0 Å². The van der Waals surface area contributed by atoms with Gasteiger partial charge in [-0.05, 0) is 19.1 Å². The second-order valence-corrected chi connectivity index (χ2v) is 3.67. The lowest BCUT2D eigenvalue weighted by atomic mass is 10.1. The molecule has 5 heteroatoms. The summed E-state index contributed by atoms with van der Waals surface area (Å²) < 4.78 is 9.58. The van der Waals surface area contributed by atoms with Crippen LogP contribution in [0.5, 0.6) is 0 Å². The maximum Gasteiger partial charge on any atom is 0.340 e. The molecule has 18 heavy (non-hydrogen) atoms. The van der Waals surface area contributed by atoms with Gasteiger partial charge in [-0.15, -0.1) is 0 Å². The van der Waals surface area contributed by atoms with E-state index in [2.05, 4.69) is 9.72 Å². The predicted molar refractivity (Wildman–Crippen MR) is 65.6 cm³/mol. The van der Waals surface area contributed by atoms with Gasteiger partial charge in [-0.2, -0.15) is 0 Å². The summed E-state index contributed by atoms with van der Waals surface area (Å²) >= 11 is 0. The van der Waals surface area contributed by atoms with Crippen molar-refractivity contribution < 1.29 is 19.1 Å². The average molecular weight is 247 g/mol. The third kappa shape index (κ3) is 2.07. The van der Waals surface area contributed by atoms with Crippen LogP contribution in [0.3, 0.4) is 0 Å². The fourth-order valence-electron chi connectivity index (χ4n) is 1.75. The molecule has 94 valence electrons. The molecule has 0 spiro atoms. The van der Waals surface area contributed by atoms with E-state index in [1.807, 2.05) is 0 Å². The molecule has 0 bridgehead atoms. The van der Waals surface area contributed by atoms with Crippen LogP contribution in [0.2, 0.25) is 0 Å². The monoisotopic (exact) mass is 247 g/mol. The quantitative estimate of drug-likeness (QED) is 0.843. The van der Waals surface area contributed by atoms with E-state index in [0.29, 0.717) is 23.3 Å². The molecular weight excluding hydrogens is 234 g/mol. The molecule has 1 aromatic heterocycles. The smallest absolute Gasteiger partial charge is 0.340 e. The first kappa shape index (κ1) is 12.2. The van der Waals surface area contributed by atoms with Gasteiger partial charge in [0.1, 0.15) is 0 Å². The van der Waals surface area contributed by atoms with Crippen LogP contribution in [0.1, 0.15) is 27.6 Å². The van der Waals surface area contributed by atoms with E-state index < -0.39 is 5.97 Å².